The number of hydrogen-bond donors (Lipinski definition) is 1. The van der Waals surface area contributed by atoms with Gasteiger partial charge in [-0.25, -0.2) is 0 Å². The molecule has 2 aliphatic heterocycles. The molecular weight excluding hydrogens is 749 g/mol. The van der Waals surface area contributed by atoms with Crippen LogP contribution in [-0.2, 0) is 37.3 Å². The molecule has 10 heteroatoms. The first-order valence-corrected chi connectivity index (χ1v) is 19.8. The van der Waals surface area contributed by atoms with E-state index in [0.29, 0.717) is 66.4 Å². The second-order valence-electron chi connectivity index (χ2n) is 13.7. The molecule has 0 fully saturated rings. The van der Waals surface area contributed by atoms with Crippen molar-refractivity contribution >= 4 is 40.4 Å². The molecule has 0 spiro atoms. The number of nitrogens with one attached hydrogen (secondary N) is 1. The van der Waals surface area contributed by atoms with E-state index in [-0.39, 0.29) is 18.1 Å². The van der Waals surface area contributed by atoms with E-state index in [1.165, 1.54) is 4.88 Å². The van der Waals surface area contributed by atoms with Crippen LogP contribution in [0.1, 0.15) is 44.4 Å². The first kappa shape index (κ1) is 36.7. The van der Waals surface area contributed by atoms with Crippen molar-refractivity contribution in [3.63, 3.8) is 0 Å². The number of halogens is 2. The minimum atomic E-state index is -0.318. The van der Waals surface area contributed by atoms with Gasteiger partial charge in [-0.15, -0.1) is 11.3 Å². The summed E-state index contributed by atoms with van der Waals surface area (Å²) >= 11 is 13.9. The minimum Gasteiger partial charge on any atom is -0.489 e. The van der Waals surface area contributed by atoms with E-state index >= 15 is 0 Å². The Morgan fingerprint density at radius 2 is 1.62 bits per heavy atom. The Kier molecular flexibility index (Phi) is 11.1. The molecule has 3 heterocycles. The first-order valence-electron chi connectivity index (χ1n) is 18.1. The zero-order valence-electron chi connectivity index (χ0n) is 29.8. The number of fused-ring (bicyclic) bond motifs is 2. The van der Waals surface area contributed by atoms with E-state index in [2.05, 4.69) is 70.2 Å². The Labute approximate surface area is 334 Å². The highest BCUT2D eigenvalue weighted by Gasteiger charge is 2.34. The maximum atomic E-state index is 13.8. The lowest BCUT2D eigenvalue weighted by atomic mass is 9.92. The molecule has 6 aromatic rings. The predicted octanol–water partition coefficient (Wildman–Crippen LogP) is 9.97. The van der Waals surface area contributed by atoms with E-state index in [1.54, 1.807) is 17.4 Å². The molecule has 276 valence electrons. The Bertz CT molecular complexity index is 2330. The number of thiophene rings is 1. The van der Waals surface area contributed by atoms with Crippen LogP contribution in [0.3, 0.4) is 0 Å². The van der Waals surface area contributed by atoms with E-state index in [1.807, 2.05) is 60.7 Å². The third-order valence-electron chi connectivity index (χ3n) is 10.1. The maximum Gasteiger partial charge on any atom is 0.237 e. The number of nitrogens with zero attached hydrogens (tertiary/aromatic N) is 2. The number of carbonyl (C=O) groups is 1. The second kappa shape index (κ2) is 16.6. The van der Waals surface area contributed by atoms with Crippen LogP contribution in [0.2, 0.25) is 10.0 Å². The van der Waals surface area contributed by atoms with Crippen LogP contribution in [-0.4, -0.2) is 30.0 Å². The van der Waals surface area contributed by atoms with Crippen LogP contribution in [0, 0.1) is 11.3 Å². The molecule has 0 saturated heterocycles. The lowest BCUT2D eigenvalue weighted by Crippen LogP contribution is -2.50. The molecule has 0 saturated carbocycles. The topological polar surface area (TPSA) is 83.8 Å². The zero-order valence-corrected chi connectivity index (χ0v) is 32.2. The van der Waals surface area contributed by atoms with E-state index < -0.39 is 0 Å². The number of hydrogen-bond acceptors (Lipinski definition) is 7. The van der Waals surface area contributed by atoms with Gasteiger partial charge in [0.1, 0.15) is 19.0 Å². The van der Waals surface area contributed by atoms with Crippen molar-refractivity contribution in [2.75, 3.05) is 13.2 Å². The number of carbonyl (C=O) groups excluding carboxylic acids is 1. The fourth-order valence-electron chi connectivity index (χ4n) is 7.02. The largest absolute Gasteiger partial charge is 0.489 e. The molecule has 2 unspecified atom stereocenters. The molecule has 0 aliphatic carbocycles. The summed E-state index contributed by atoms with van der Waals surface area (Å²) < 4.78 is 18.8. The standard InChI is InChI=1S/C45H37Cl2N3O4S/c46-39-16-7-31(20-40(39)47)27-52-37-14-12-34(13-15-37)44-28-53-42-22-35-21-41(50(26-38-2-1-19-55-38)25-36(35)23-43(42)54-44)45(51)49-18-17-29-3-8-32(9-4-29)33-10-5-30(24-48)6-11-33/h1-16,19-20,22-23,41,44H,17-18,21,25-28H2,(H,49,51). The molecular formula is C45H37Cl2N3O4S. The third kappa shape index (κ3) is 8.67. The van der Waals surface area contributed by atoms with Crippen molar-refractivity contribution in [2.45, 2.75) is 44.7 Å². The Morgan fingerprint density at radius 1 is 0.873 bits per heavy atom. The Morgan fingerprint density at radius 3 is 2.35 bits per heavy atom. The molecule has 2 aliphatic rings. The summed E-state index contributed by atoms with van der Waals surface area (Å²) in [5, 5.41) is 15.4. The van der Waals surface area contributed by atoms with Crippen LogP contribution in [0.25, 0.3) is 11.1 Å². The van der Waals surface area contributed by atoms with Crippen LogP contribution >= 0.6 is 34.5 Å². The number of amides is 1. The van der Waals surface area contributed by atoms with E-state index in [0.717, 1.165) is 51.1 Å². The summed E-state index contributed by atoms with van der Waals surface area (Å²) in [6, 6.07) is 39.4. The number of rotatable bonds is 11. The van der Waals surface area contributed by atoms with Crippen LogP contribution in [0.5, 0.6) is 17.2 Å². The molecule has 1 N–H and O–H groups in total. The summed E-state index contributed by atoms with van der Waals surface area (Å²) in [5.41, 5.74) is 8.11. The second-order valence-corrected chi connectivity index (χ2v) is 15.6. The van der Waals surface area contributed by atoms with Gasteiger partial charge in [0.05, 0.1) is 27.7 Å². The summed E-state index contributed by atoms with van der Waals surface area (Å²) in [6.45, 7) is 2.59. The molecule has 55 heavy (non-hydrogen) atoms. The fraction of sp³-hybridized carbons (Fsp3) is 0.200. The highest BCUT2D eigenvalue weighted by atomic mass is 35.5. The SMILES string of the molecule is N#Cc1ccc(-c2ccc(CCNC(=O)C3Cc4cc5c(cc4CN3Cc3cccs3)OC(c3ccc(OCc4ccc(Cl)c(Cl)c4)cc3)CO5)cc2)cc1. The quantitative estimate of drug-likeness (QED) is 0.141. The predicted molar refractivity (Wildman–Crippen MR) is 217 cm³/mol. The van der Waals surface area contributed by atoms with Gasteiger partial charge in [-0.2, -0.15) is 5.26 Å². The molecule has 8 rings (SSSR count). The molecule has 1 amide bonds. The van der Waals surface area contributed by atoms with Crippen LogP contribution in [0.15, 0.2) is 121 Å². The summed E-state index contributed by atoms with van der Waals surface area (Å²) in [7, 11) is 0. The van der Waals surface area contributed by atoms with E-state index in [4.69, 9.17) is 42.7 Å². The van der Waals surface area contributed by atoms with Crippen molar-refractivity contribution in [3.05, 3.63) is 169 Å². The van der Waals surface area contributed by atoms with Crippen molar-refractivity contribution < 1.29 is 19.0 Å². The average molecular weight is 787 g/mol. The first-order chi connectivity index (χ1) is 26.9. The number of benzene rings is 5. The van der Waals surface area contributed by atoms with Crippen LogP contribution < -0.4 is 19.5 Å². The van der Waals surface area contributed by atoms with Gasteiger partial charge in [0.15, 0.2) is 17.6 Å². The van der Waals surface area contributed by atoms with Crippen molar-refractivity contribution in [2.24, 2.45) is 0 Å². The lowest BCUT2D eigenvalue weighted by molar-refractivity contribution is -0.127. The Balaban J connectivity index is 0.905. The molecule has 2 atom stereocenters. The summed E-state index contributed by atoms with van der Waals surface area (Å²) in [5.74, 6) is 2.17. The maximum absolute atomic E-state index is 13.8. The van der Waals surface area contributed by atoms with Gasteiger partial charge in [-0.1, -0.05) is 83.9 Å². The van der Waals surface area contributed by atoms with Gasteiger partial charge in [-0.3, -0.25) is 9.69 Å². The van der Waals surface area contributed by atoms with Crippen LogP contribution in [0.4, 0.5) is 0 Å². The van der Waals surface area contributed by atoms with Gasteiger partial charge >= 0.3 is 0 Å². The monoisotopic (exact) mass is 785 g/mol. The summed E-state index contributed by atoms with van der Waals surface area (Å²) in [6.07, 6.45) is 1.03. The van der Waals surface area contributed by atoms with Gasteiger partial charge in [-0.05, 0) is 112 Å². The number of ether oxygens (including phenoxy) is 3. The van der Waals surface area contributed by atoms with Gasteiger partial charge in [0.2, 0.25) is 5.91 Å². The van der Waals surface area contributed by atoms with Crippen molar-refractivity contribution in [3.8, 4) is 34.4 Å². The van der Waals surface area contributed by atoms with Gasteiger partial charge < -0.3 is 19.5 Å². The van der Waals surface area contributed by atoms with E-state index in [9.17, 15) is 4.79 Å². The van der Waals surface area contributed by atoms with Gasteiger partial charge in [0.25, 0.3) is 0 Å². The molecule has 7 nitrogen and oxygen atoms in total. The zero-order chi connectivity index (χ0) is 37.7. The molecule has 5 aromatic carbocycles. The third-order valence-corrected chi connectivity index (χ3v) is 11.7. The highest BCUT2D eigenvalue weighted by molar-refractivity contribution is 7.09. The lowest BCUT2D eigenvalue weighted by Gasteiger charge is -2.37. The molecule has 0 radical (unpaired) electrons. The molecule has 1 aromatic heterocycles. The molecule has 0 bridgehead atoms. The summed E-state index contributed by atoms with van der Waals surface area (Å²) in [4.78, 5) is 17.3. The van der Waals surface area contributed by atoms with Crippen molar-refractivity contribution in [1.29, 1.82) is 5.26 Å². The fourth-order valence-corrected chi connectivity index (χ4v) is 8.07. The highest BCUT2D eigenvalue weighted by Crippen LogP contribution is 2.41. The van der Waals surface area contributed by atoms with Gasteiger partial charge in [0, 0.05) is 24.5 Å². The normalized spacial score (nSPS) is 16.2. The Hall–Kier alpha value is -5.30. The average Bonchev–Trinajstić information content (AvgIpc) is 3.74. The van der Waals surface area contributed by atoms with Crippen molar-refractivity contribution in [1.82, 2.24) is 10.2 Å². The smallest absolute Gasteiger partial charge is 0.237 e. The number of nitriles is 1. The minimum absolute atomic E-state index is 0.0238.